The largest absolute Gasteiger partial charge is 0.456 e. The van der Waals surface area contributed by atoms with Gasteiger partial charge in [0.1, 0.15) is 12.6 Å². The highest BCUT2D eigenvalue weighted by atomic mass is 16.5. The Labute approximate surface area is 146 Å². The maximum Gasteiger partial charge on any atom is 0.328 e. The lowest BCUT2D eigenvalue weighted by atomic mass is 10.1. The van der Waals surface area contributed by atoms with Crippen molar-refractivity contribution in [1.82, 2.24) is 5.32 Å². The van der Waals surface area contributed by atoms with Crippen LogP contribution in [0.3, 0.4) is 0 Å². The van der Waals surface area contributed by atoms with Crippen LogP contribution in [0.1, 0.15) is 90.9 Å². The van der Waals surface area contributed by atoms with Crippen LogP contribution < -0.4 is 5.32 Å². The van der Waals surface area contributed by atoms with Crippen LogP contribution in [0, 0.1) is 0 Å². The first kappa shape index (κ1) is 22.6. The standard InChI is InChI=1S/C19H35NO4/c1-3-4-5-6-7-8-9-10-11-12-13-14-18(22)20-17(2)19(23)24-16-15-21/h15,17H,3-14,16H2,1-2H3,(H,20,22)/t17-/m0/s1. The van der Waals surface area contributed by atoms with Gasteiger partial charge in [0.25, 0.3) is 0 Å². The van der Waals surface area contributed by atoms with Gasteiger partial charge in [0, 0.05) is 6.42 Å². The molecule has 0 saturated carbocycles. The minimum absolute atomic E-state index is 0.138. The zero-order valence-corrected chi connectivity index (χ0v) is 15.5. The molecule has 0 unspecified atom stereocenters. The Morgan fingerprint density at radius 2 is 1.42 bits per heavy atom. The zero-order chi connectivity index (χ0) is 18.0. The summed E-state index contributed by atoms with van der Waals surface area (Å²) in [6.45, 7) is 3.53. The fourth-order valence-corrected chi connectivity index (χ4v) is 2.56. The molecule has 5 heteroatoms. The molecular formula is C19H35NO4. The quantitative estimate of drug-likeness (QED) is 0.262. The van der Waals surface area contributed by atoms with Crippen molar-refractivity contribution < 1.29 is 19.1 Å². The lowest BCUT2D eigenvalue weighted by molar-refractivity contribution is -0.148. The van der Waals surface area contributed by atoms with Crippen LogP contribution in [-0.4, -0.2) is 30.8 Å². The lowest BCUT2D eigenvalue weighted by Gasteiger charge is -2.12. The van der Waals surface area contributed by atoms with Crippen molar-refractivity contribution in [3.05, 3.63) is 0 Å². The van der Waals surface area contributed by atoms with E-state index < -0.39 is 12.0 Å². The average molecular weight is 341 g/mol. The predicted octanol–water partition coefficient (Wildman–Crippen LogP) is 3.93. The molecule has 0 fully saturated rings. The molecule has 140 valence electrons. The van der Waals surface area contributed by atoms with E-state index in [1.54, 1.807) is 6.92 Å². The summed E-state index contributed by atoms with van der Waals surface area (Å²) in [6, 6.07) is -0.704. The molecule has 0 aromatic heterocycles. The Morgan fingerprint density at radius 3 is 1.92 bits per heavy atom. The highest BCUT2D eigenvalue weighted by molar-refractivity contribution is 5.84. The number of ether oxygens (including phenoxy) is 1. The fraction of sp³-hybridized carbons (Fsp3) is 0.842. The van der Waals surface area contributed by atoms with Gasteiger partial charge in [-0.2, -0.15) is 0 Å². The summed E-state index contributed by atoms with van der Waals surface area (Å²) in [6.07, 6.45) is 14.6. The Balaban J connectivity index is 3.42. The van der Waals surface area contributed by atoms with E-state index in [9.17, 15) is 14.4 Å². The van der Waals surface area contributed by atoms with Gasteiger partial charge < -0.3 is 10.1 Å². The van der Waals surface area contributed by atoms with E-state index in [-0.39, 0.29) is 12.5 Å². The minimum Gasteiger partial charge on any atom is -0.456 e. The number of unbranched alkanes of at least 4 members (excludes halogenated alkanes) is 10. The molecular weight excluding hydrogens is 306 g/mol. The van der Waals surface area contributed by atoms with Gasteiger partial charge in [-0.3, -0.25) is 9.59 Å². The summed E-state index contributed by atoms with van der Waals surface area (Å²) in [5.41, 5.74) is 0. The second-order valence-corrected chi connectivity index (χ2v) is 6.37. The number of esters is 1. The molecule has 0 saturated heterocycles. The van der Waals surface area contributed by atoms with E-state index in [0.29, 0.717) is 12.7 Å². The van der Waals surface area contributed by atoms with Gasteiger partial charge in [-0.1, -0.05) is 71.1 Å². The number of nitrogens with one attached hydrogen (secondary N) is 1. The Bertz CT molecular complexity index is 344. The van der Waals surface area contributed by atoms with Crippen molar-refractivity contribution in [1.29, 1.82) is 0 Å². The highest BCUT2D eigenvalue weighted by Crippen LogP contribution is 2.11. The van der Waals surface area contributed by atoms with Gasteiger partial charge in [-0.25, -0.2) is 4.79 Å². The number of carbonyl (C=O) groups is 3. The van der Waals surface area contributed by atoms with Crippen LogP contribution in [0.25, 0.3) is 0 Å². The molecule has 0 bridgehead atoms. The first-order valence-corrected chi connectivity index (χ1v) is 9.51. The van der Waals surface area contributed by atoms with E-state index >= 15 is 0 Å². The second-order valence-electron chi connectivity index (χ2n) is 6.37. The van der Waals surface area contributed by atoms with Crippen LogP contribution in [0.15, 0.2) is 0 Å². The maximum absolute atomic E-state index is 11.7. The molecule has 0 radical (unpaired) electrons. The number of amides is 1. The highest BCUT2D eigenvalue weighted by Gasteiger charge is 2.16. The smallest absolute Gasteiger partial charge is 0.328 e. The van der Waals surface area contributed by atoms with Gasteiger partial charge in [-0.05, 0) is 13.3 Å². The molecule has 1 amide bonds. The summed E-state index contributed by atoms with van der Waals surface area (Å²) >= 11 is 0. The molecule has 0 aliphatic heterocycles. The fourth-order valence-electron chi connectivity index (χ4n) is 2.56. The number of carbonyl (C=O) groups excluding carboxylic acids is 3. The van der Waals surface area contributed by atoms with Crippen LogP contribution in [-0.2, 0) is 19.1 Å². The molecule has 24 heavy (non-hydrogen) atoms. The molecule has 0 heterocycles. The zero-order valence-electron chi connectivity index (χ0n) is 15.5. The second kappa shape index (κ2) is 16.5. The Morgan fingerprint density at radius 1 is 0.917 bits per heavy atom. The summed E-state index contributed by atoms with van der Waals surface area (Å²) in [5.74, 6) is -0.712. The van der Waals surface area contributed by atoms with Gasteiger partial charge in [0.2, 0.25) is 5.91 Å². The minimum atomic E-state index is -0.704. The first-order chi connectivity index (χ1) is 11.6. The normalized spacial score (nSPS) is 11.8. The summed E-state index contributed by atoms with van der Waals surface area (Å²) in [5, 5.41) is 2.59. The topological polar surface area (TPSA) is 72.5 Å². The van der Waals surface area contributed by atoms with Crippen molar-refractivity contribution in [2.24, 2.45) is 0 Å². The van der Waals surface area contributed by atoms with Crippen LogP contribution in [0.2, 0.25) is 0 Å². The van der Waals surface area contributed by atoms with Crippen molar-refractivity contribution >= 4 is 18.2 Å². The van der Waals surface area contributed by atoms with Crippen molar-refractivity contribution in [2.45, 2.75) is 96.9 Å². The van der Waals surface area contributed by atoms with Gasteiger partial charge in [0.05, 0.1) is 0 Å². The monoisotopic (exact) mass is 341 g/mol. The molecule has 0 aliphatic carbocycles. The average Bonchev–Trinajstić information content (AvgIpc) is 2.57. The number of hydrogen-bond donors (Lipinski definition) is 1. The molecule has 0 rings (SSSR count). The van der Waals surface area contributed by atoms with Gasteiger partial charge in [-0.15, -0.1) is 0 Å². The van der Waals surface area contributed by atoms with E-state index in [1.807, 2.05) is 0 Å². The van der Waals surface area contributed by atoms with Crippen LogP contribution in [0.5, 0.6) is 0 Å². The van der Waals surface area contributed by atoms with E-state index in [1.165, 1.54) is 57.8 Å². The summed E-state index contributed by atoms with van der Waals surface area (Å²) in [7, 11) is 0. The first-order valence-electron chi connectivity index (χ1n) is 9.51. The third kappa shape index (κ3) is 14.2. The molecule has 0 aromatic rings. The summed E-state index contributed by atoms with van der Waals surface area (Å²) in [4.78, 5) is 33.2. The van der Waals surface area contributed by atoms with Crippen molar-refractivity contribution in [3.63, 3.8) is 0 Å². The third-order valence-electron chi connectivity index (χ3n) is 4.03. The lowest BCUT2D eigenvalue weighted by Crippen LogP contribution is -2.39. The van der Waals surface area contributed by atoms with Gasteiger partial charge >= 0.3 is 5.97 Å². The number of hydrogen-bond acceptors (Lipinski definition) is 4. The third-order valence-corrected chi connectivity index (χ3v) is 4.03. The maximum atomic E-state index is 11.7. The Kier molecular flexibility index (Phi) is 15.5. The van der Waals surface area contributed by atoms with Crippen LogP contribution >= 0.6 is 0 Å². The van der Waals surface area contributed by atoms with E-state index in [2.05, 4.69) is 17.0 Å². The van der Waals surface area contributed by atoms with Crippen molar-refractivity contribution in [3.8, 4) is 0 Å². The number of aldehydes is 1. The van der Waals surface area contributed by atoms with E-state index in [4.69, 9.17) is 0 Å². The molecule has 0 spiro atoms. The molecule has 0 aliphatic rings. The Hall–Kier alpha value is -1.39. The molecule has 1 N–H and O–H groups in total. The SMILES string of the molecule is CCCCCCCCCCCCCC(=O)N[C@@H](C)C(=O)OCC=O. The van der Waals surface area contributed by atoms with Gasteiger partial charge in [0.15, 0.2) is 6.29 Å². The molecule has 5 nitrogen and oxygen atoms in total. The predicted molar refractivity (Wildman–Crippen MR) is 95.7 cm³/mol. The van der Waals surface area contributed by atoms with E-state index in [0.717, 1.165) is 12.8 Å². The van der Waals surface area contributed by atoms with Crippen molar-refractivity contribution in [2.75, 3.05) is 6.61 Å². The molecule has 0 aromatic carbocycles. The molecule has 1 atom stereocenters. The van der Waals surface area contributed by atoms with Crippen LogP contribution in [0.4, 0.5) is 0 Å². The number of rotatable bonds is 16. The summed E-state index contributed by atoms with van der Waals surface area (Å²) < 4.78 is 4.64.